The molecule has 2 aromatic carbocycles. The number of rotatable bonds is 3. The Morgan fingerprint density at radius 1 is 1.06 bits per heavy atom. The van der Waals surface area contributed by atoms with E-state index in [1.54, 1.807) is 48.5 Å². The van der Waals surface area contributed by atoms with Gasteiger partial charge in [0.25, 0.3) is 0 Å². The number of halogens is 1. The first kappa shape index (κ1) is 13.1. The van der Waals surface area contributed by atoms with Crippen LogP contribution in [0.5, 0.6) is 0 Å². The van der Waals surface area contributed by atoms with Crippen LogP contribution in [0.1, 0.15) is 21.4 Å². The Hall–Kier alpha value is -1.29. The summed E-state index contributed by atoms with van der Waals surface area (Å²) in [4.78, 5) is 11.9. The van der Waals surface area contributed by atoms with E-state index < -0.39 is 5.44 Å². The lowest BCUT2D eigenvalue weighted by molar-refractivity contribution is 0.108. The highest BCUT2D eigenvalue weighted by Crippen LogP contribution is 2.29. The number of benzene rings is 2. The Labute approximate surface area is 115 Å². The number of carbonyl (C=O) groups is 1. The van der Waals surface area contributed by atoms with Crippen molar-refractivity contribution < 1.29 is 9.90 Å². The van der Waals surface area contributed by atoms with Gasteiger partial charge in [-0.15, -0.1) is 0 Å². The molecule has 0 spiro atoms. The zero-order valence-electron chi connectivity index (χ0n) is 9.42. The fraction of sp³-hybridized carbons (Fsp3) is 0.0714. The molecule has 0 aromatic heterocycles. The average molecular weight is 279 g/mol. The van der Waals surface area contributed by atoms with Crippen LogP contribution in [0.25, 0.3) is 0 Å². The van der Waals surface area contributed by atoms with Crippen molar-refractivity contribution in [3.63, 3.8) is 0 Å². The van der Waals surface area contributed by atoms with E-state index in [2.05, 4.69) is 0 Å². The summed E-state index contributed by atoms with van der Waals surface area (Å²) in [6.07, 6.45) is 0. The van der Waals surface area contributed by atoms with E-state index in [9.17, 15) is 9.90 Å². The highest BCUT2D eigenvalue weighted by molar-refractivity contribution is 8.14. The van der Waals surface area contributed by atoms with Gasteiger partial charge in [-0.2, -0.15) is 0 Å². The lowest BCUT2D eigenvalue weighted by atomic mass is 10.2. The molecule has 0 bridgehead atoms. The molecule has 0 aliphatic carbocycles. The molecule has 0 aliphatic heterocycles. The minimum Gasteiger partial charge on any atom is -0.378 e. The van der Waals surface area contributed by atoms with E-state index >= 15 is 0 Å². The fourth-order valence-corrected chi connectivity index (χ4v) is 2.33. The Morgan fingerprint density at radius 3 is 2.28 bits per heavy atom. The number of hydrogen-bond acceptors (Lipinski definition) is 3. The molecule has 1 atom stereocenters. The molecule has 2 nitrogen and oxygen atoms in total. The zero-order chi connectivity index (χ0) is 13.0. The van der Waals surface area contributed by atoms with E-state index in [1.165, 1.54) is 0 Å². The zero-order valence-corrected chi connectivity index (χ0v) is 11.0. The second-order valence-corrected chi connectivity index (χ2v) is 5.16. The van der Waals surface area contributed by atoms with E-state index in [4.69, 9.17) is 11.6 Å². The molecule has 0 heterocycles. The van der Waals surface area contributed by atoms with Gasteiger partial charge in [-0.05, 0) is 29.5 Å². The number of carbonyl (C=O) groups excluding carboxylic acids is 1. The molecule has 92 valence electrons. The predicted octanol–water partition coefficient (Wildman–Crippen LogP) is 3.90. The van der Waals surface area contributed by atoms with Crippen LogP contribution in [0.4, 0.5) is 0 Å². The van der Waals surface area contributed by atoms with Crippen molar-refractivity contribution in [2.75, 3.05) is 0 Å². The third-order valence-electron chi connectivity index (χ3n) is 2.38. The largest absolute Gasteiger partial charge is 0.378 e. The molecule has 0 saturated heterocycles. The van der Waals surface area contributed by atoms with Gasteiger partial charge in [0.2, 0.25) is 5.12 Å². The van der Waals surface area contributed by atoms with Gasteiger partial charge in [0.15, 0.2) is 0 Å². The maximum Gasteiger partial charge on any atom is 0.222 e. The maximum absolute atomic E-state index is 11.9. The standard InChI is InChI=1S/C14H11ClO2S/c15-12-8-6-11(7-9-12)14(17)18-13(16)10-4-2-1-3-5-10/h1-9,14,17H/t14-/m1/s1. The first-order chi connectivity index (χ1) is 8.66. The molecule has 18 heavy (non-hydrogen) atoms. The monoisotopic (exact) mass is 278 g/mol. The first-order valence-electron chi connectivity index (χ1n) is 5.36. The van der Waals surface area contributed by atoms with Gasteiger partial charge in [-0.1, -0.05) is 54.1 Å². The Morgan fingerprint density at radius 2 is 1.67 bits per heavy atom. The van der Waals surface area contributed by atoms with Crippen LogP contribution in [0.3, 0.4) is 0 Å². The Kier molecular flexibility index (Phi) is 4.42. The van der Waals surface area contributed by atoms with E-state index in [0.29, 0.717) is 16.1 Å². The van der Waals surface area contributed by atoms with Crippen LogP contribution in [-0.2, 0) is 0 Å². The van der Waals surface area contributed by atoms with Crippen LogP contribution in [0, 0.1) is 0 Å². The minimum absolute atomic E-state index is 0.155. The van der Waals surface area contributed by atoms with Crippen LogP contribution >= 0.6 is 23.4 Å². The van der Waals surface area contributed by atoms with Crippen molar-refractivity contribution in [2.45, 2.75) is 5.44 Å². The summed E-state index contributed by atoms with van der Waals surface area (Å²) in [7, 11) is 0. The molecule has 2 aromatic rings. The second kappa shape index (κ2) is 6.05. The molecule has 0 amide bonds. The number of thioether (sulfide) groups is 1. The Balaban J connectivity index is 2.06. The summed E-state index contributed by atoms with van der Waals surface area (Å²) in [5.74, 6) is 0. The fourth-order valence-electron chi connectivity index (χ4n) is 1.44. The van der Waals surface area contributed by atoms with Gasteiger partial charge >= 0.3 is 0 Å². The van der Waals surface area contributed by atoms with Gasteiger partial charge < -0.3 is 5.11 Å². The van der Waals surface area contributed by atoms with Crippen molar-refractivity contribution in [1.29, 1.82) is 0 Å². The van der Waals surface area contributed by atoms with Crippen molar-refractivity contribution >= 4 is 28.5 Å². The molecule has 0 radical (unpaired) electrons. The number of aliphatic hydroxyl groups is 1. The highest BCUT2D eigenvalue weighted by Gasteiger charge is 2.14. The molecule has 0 saturated carbocycles. The quantitative estimate of drug-likeness (QED) is 0.865. The molecule has 0 aliphatic rings. The van der Waals surface area contributed by atoms with Crippen LogP contribution in [-0.4, -0.2) is 10.2 Å². The maximum atomic E-state index is 11.9. The van der Waals surface area contributed by atoms with Gasteiger partial charge in [-0.25, -0.2) is 0 Å². The second-order valence-electron chi connectivity index (χ2n) is 3.68. The SMILES string of the molecule is O=C(S[C@@H](O)c1ccc(Cl)cc1)c1ccccc1. The first-order valence-corrected chi connectivity index (χ1v) is 6.62. The lowest BCUT2D eigenvalue weighted by Crippen LogP contribution is -1.99. The molecule has 0 fully saturated rings. The molecule has 0 unspecified atom stereocenters. The summed E-state index contributed by atoms with van der Waals surface area (Å²) in [5.41, 5.74) is 0.360. The molecule has 4 heteroatoms. The average Bonchev–Trinajstić information content (AvgIpc) is 2.40. The predicted molar refractivity (Wildman–Crippen MR) is 74.8 cm³/mol. The normalized spacial score (nSPS) is 12.1. The van der Waals surface area contributed by atoms with E-state index in [0.717, 1.165) is 11.8 Å². The van der Waals surface area contributed by atoms with Gasteiger partial charge in [0, 0.05) is 10.6 Å². The molecular formula is C14H11ClO2S. The summed E-state index contributed by atoms with van der Waals surface area (Å²) in [6.45, 7) is 0. The van der Waals surface area contributed by atoms with Crippen molar-refractivity contribution in [1.82, 2.24) is 0 Å². The summed E-state index contributed by atoms with van der Waals surface area (Å²) >= 11 is 6.65. The highest BCUT2D eigenvalue weighted by atomic mass is 35.5. The van der Waals surface area contributed by atoms with Crippen molar-refractivity contribution in [3.05, 3.63) is 70.7 Å². The van der Waals surface area contributed by atoms with Crippen molar-refractivity contribution in [3.8, 4) is 0 Å². The number of hydrogen-bond donors (Lipinski definition) is 1. The topological polar surface area (TPSA) is 37.3 Å². The molecule has 2 rings (SSSR count). The van der Waals surface area contributed by atoms with Gasteiger partial charge in [0.1, 0.15) is 5.44 Å². The minimum atomic E-state index is -0.880. The lowest BCUT2D eigenvalue weighted by Gasteiger charge is -2.09. The third-order valence-corrected chi connectivity index (χ3v) is 3.58. The smallest absolute Gasteiger partial charge is 0.222 e. The molecule has 1 N–H and O–H groups in total. The van der Waals surface area contributed by atoms with Gasteiger partial charge in [-0.3, -0.25) is 4.79 Å². The number of aliphatic hydroxyl groups excluding tert-OH is 1. The summed E-state index contributed by atoms with van der Waals surface area (Å²) in [5, 5.41) is 10.4. The van der Waals surface area contributed by atoms with Crippen LogP contribution < -0.4 is 0 Å². The Bertz CT molecular complexity index is 525. The van der Waals surface area contributed by atoms with Crippen molar-refractivity contribution in [2.24, 2.45) is 0 Å². The van der Waals surface area contributed by atoms with E-state index in [1.807, 2.05) is 6.07 Å². The van der Waals surface area contributed by atoms with E-state index in [-0.39, 0.29) is 5.12 Å². The third kappa shape index (κ3) is 3.35. The van der Waals surface area contributed by atoms with Crippen LogP contribution in [0.2, 0.25) is 5.02 Å². The van der Waals surface area contributed by atoms with Crippen LogP contribution in [0.15, 0.2) is 54.6 Å². The summed E-state index contributed by atoms with van der Waals surface area (Å²) in [6, 6.07) is 15.7. The summed E-state index contributed by atoms with van der Waals surface area (Å²) < 4.78 is 0. The van der Waals surface area contributed by atoms with Gasteiger partial charge in [0.05, 0.1) is 0 Å². The molecular weight excluding hydrogens is 268 g/mol.